The quantitative estimate of drug-likeness (QED) is 0.629. The van der Waals surface area contributed by atoms with E-state index in [1.807, 2.05) is 31.2 Å². The van der Waals surface area contributed by atoms with Crippen LogP contribution in [0.3, 0.4) is 0 Å². The molecule has 1 amide bonds. The molecule has 23 heavy (non-hydrogen) atoms. The monoisotopic (exact) mass is 331 g/mol. The van der Waals surface area contributed by atoms with Gasteiger partial charge in [0.25, 0.3) is 0 Å². The van der Waals surface area contributed by atoms with Crippen molar-refractivity contribution in [3.63, 3.8) is 0 Å². The molecule has 2 aromatic carbocycles. The van der Waals surface area contributed by atoms with Gasteiger partial charge in [-0.1, -0.05) is 47.1 Å². The molecule has 6 heteroatoms. The Hall–Kier alpha value is -2.53. The van der Waals surface area contributed by atoms with Gasteiger partial charge in [0.15, 0.2) is 0 Å². The summed E-state index contributed by atoms with van der Waals surface area (Å²) in [6.45, 7) is 1.82. The highest BCUT2D eigenvalue weighted by Crippen LogP contribution is 2.24. The van der Waals surface area contributed by atoms with Crippen LogP contribution in [-0.4, -0.2) is 18.7 Å². The second-order valence-electron chi connectivity index (χ2n) is 4.94. The molecule has 0 aliphatic heterocycles. The van der Waals surface area contributed by atoms with E-state index < -0.39 is 11.9 Å². The van der Waals surface area contributed by atoms with E-state index in [0.717, 1.165) is 16.8 Å². The van der Waals surface area contributed by atoms with E-state index in [-0.39, 0.29) is 0 Å². The van der Waals surface area contributed by atoms with Crippen molar-refractivity contribution in [3.8, 4) is 0 Å². The maximum Gasteiger partial charge on any atom is 0.244 e. The first kappa shape index (κ1) is 16.8. The lowest BCUT2D eigenvalue weighted by atomic mass is 10.0. The molecule has 2 rings (SSSR count). The molecule has 0 fully saturated rings. The van der Waals surface area contributed by atoms with Crippen molar-refractivity contribution in [3.05, 3.63) is 64.7 Å². The minimum Gasteiger partial charge on any atom is -0.399 e. The van der Waals surface area contributed by atoms with Crippen molar-refractivity contribution in [2.24, 2.45) is 10.9 Å². The third-order valence-corrected chi connectivity index (χ3v) is 3.58. The molecule has 0 aromatic heterocycles. The Balaban J connectivity index is 2.36. The fourth-order valence-electron chi connectivity index (χ4n) is 2.24. The number of nitrogens with two attached hydrogens (primary N) is 1. The number of benzene rings is 2. The van der Waals surface area contributed by atoms with Crippen LogP contribution >= 0.6 is 11.6 Å². The van der Waals surface area contributed by atoms with Crippen LogP contribution < -0.4 is 11.1 Å². The zero-order valence-electron chi connectivity index (χ0n) is 12.9. The molecule has 2 aromatic rings. The van der Waals surface area contributed by atoms with Crippen molar-refractivity contribution >= 4 is 28.9 Å². The number of para-hydroxylation sites is 1. The Kier molecular flexibility index (Phi) is 5.60. The number of hydrogen-bond donors (Lipinski definition) is 2. The lowest BCUT2D eigenvalue weighted by molar-refractivity contribution is -0.118. The van der Waals surface area contributed by atoms with Crippen molar-refractivity contribution in [2.75, 3.05) is 12.4 Å². The van der Waals surface area contributed by atoms with E-state index in [4.69, 9.17) is 22.2 Å². The van der Waals surface area contributed by atoms with Gasteiger partial charge in [-0.25, -0.2) is 0 Å². The number of halogens is 1. The molecule has 5 nitrogen and oxygen atoms in total. The number of carbonyl (C=O) groups is 1. The smallest absolute Gasteiger partial charge is 0.244 e. The van der Waals surface area contributed by atoms with Crippen molar-refractivity contribution in [1.29, 1.82) is 0 Å². The summed E-state index contributed by atoms with van der Waals surface area (Å²) >= 11 is 5.89. The third-order valence-electron chi connectivity index (χ3n) is 3.33. The van der Waals surface area contributed by atoms with E-state index in [0.29, 0.717) is 10.7 Å². The van der Waals surface area contributed by atoms with Gasteiger partial charge in [0.1, 0.15) is 13.2 Å². The predicted octanol–water partition coefficient (Wildman–Crippen LogP) is 3.35. The van der Waals surface area contributed by atoms with E-state index in [1.165, 1.54) is 7.11 Å². The maximum atomic E-state index is 11.9. The van der Waals surface area contributed by atoms with E-state index in [1.54, 1.807) is 24.3 Å². The molecular weight excluding hydrogens is 314 g/mol. The van der Waals surface area contributed by atoms with Crippen LogP contribution in [0.15, 0.2) is 53.7 Å². The van der Waals surface area contributed by atoms with Crippen LogP contribution in [0.25, 0.3) is 0 Å². The average molecular weight is 332 g/mol. The van der Waals surface area contributed by atoms with Crippen LogP contribution in [0, 0.1) is 0 Å². The summed E-state index contributed by atoms with van der Waals surface area (Å²) in [5, 5.41) is 7.70. The Morgan fingerprint density at radius 1 is 1.22 bits per heavy atom. The molecule has 0 aliphatic rings. The number of rotatable bonds is 6. The minimum atomic E-state index is -0.677. The van der Waals surface area contributed by atoms with Crippen molar-refractivity contribution in [1.82, 2.24) is 0 Å². The average Bonchev–Trinajstić information content (AvgIpc) is 2.54. The topological polar surface area (TPSA) is 76.7 Å². The van der Waals surface area contributed by atoms with Gasteiger partial charge >= 0.3 is 0 Å². The lowest BCUT2D eigenvalue weighted by Gasteiger charge is -2.19. The summed E-state index contributed by atoms with van der Waals surface area (Å²) in [6.07, 6.45) is 0. The summed E-state index contributed by atoms with van der Waals surface area (Å²) in [5.74, 6) is -0.483. The molecule has 1 unspecified atom stereocenters. The SMILES string of the molecule is CON=C(C)c1ccccc1NC(C(N)=O)c1ccc(Cl)cc1. The van der Waals surface area contributed by atoms with Gasteiger partial charge in [-0.15, -0.1) is 0 Å². The van der Waals surface area contributed by atoms with Gasteiger partial charge in [-0.3, -0.25) is 4.79 Å². The number of primary amides is 1. The molecule has 0 aliphatic carbocycles. The number of oxime groups is 1. The highest BCUT2D eigenvalue weighted by atomic mass is 35.5. The van der Waals surface area contributed by atoms with Gasteiger partial charge in [-0.2, -0.15) is 0 Å². The molecular formula is C17H18ClN3O2. The Morgan fingerprint density at radius 2 is 1.87 bits per heavy atom. The largest absolute Gasteiger partial charge is 0.399 e. The first-order valence-corrected chi connectivity index (χ1v) is 7.39. The van der Waals surface area contributed by atoms with Crippen LogP contribution in [0.4, 0.5) is 5.69 Å². The highest BCUT2D eigenvalue weighted by molar-refractivity contribution is 6.30. The van der Waals surface area contributed by atoms with Gasteiger partial charge in [-0.05, 0) is 30.7 Å². The molecule has 0 spiro atoms. The van der Waals surface area contributed by atoms with E-state index >= 15 is 0 Å². The number of nitrogens with one attached hydrogen (secondary N) is 1. The Bertz CT molecular complexity index is 714. The molecule has 120 valence electrons. The molecule has 0 radical (unpaired) electrons. The summed E-state index contributed by atoms with van der Waals surface area (Å²) in [5.41, 5.74) is 8.54. The van der Waals surface area contributed by atoms with Crippen molar-refractivity contribution in [2.45, 2.75) is 13.0 Å². The minimum absolute atomic E-state index is 0.483. The summed E-state index contributed by atoms with van der Waals surface area (Å²) < 4.78 is 0. The van der Waals surface area contributed by atoms with Crippen LogP contribution in [0.1, 0.15) is 24.1 Å². The second kappa shape index (κ2) is 7.65. The summed E-state index contributed by atoms with van der Waals surface area (Å²) in [7, 11) is 1.49. The van der Waals surface area contributed by atoms with Crippen LogP contribution in [0.2, 0.25) is 5.02 Å². The highest BCUT2D eigenvalue weighted by Gasteiger charge is 2.19. The molecule has 0 saturated heterocycles. The molecule has 0 bridgehead atoms. The van der Waals surface area contributed by atoms with Gasteiger partial charge in [0, 0.05) is 16.3 Å². The van der Waals surface area contributed by atoms with Crippen molar-refractivity contribution < 1.29 is 9.63 Å². The molecule has 1 atom stereocenters. The first-order valence-electron chi connectivity index (χ1n) is 7.01. The maximum absolute atomic E-state index is 11.9. The molecule has 0 heterocycles. The number of anilines is 1. The van der Waals surface area contributed by atoms with Gasteiger partial charge in [0.2, 0.25) is 5.91 Å². The number of nitrogens with zero attached hydrogens (tertiary/aromatic N) is 1. The van der Waals surface area contributed by atoms with E-state index in [9.17, 15) is 4.79 Å². The fraction of sp³-hybridized carbons (Fsp3) is 0.176. The zero-order chi connectivity index (χ0) is 16.8. The van der Waals surface area contributed by atoms with Crippen LogP contribution in [-0.2, 0) is 9.63 Å². The first-order chi connectivity index (χ1) is 11.0. The van der Waals surface area contributed by atoms with E-state index in [2.05, 4.69) is 10.5 Å². The zero-order valence-corrected chi connectivity index (χ0v) is 13.7. The third kappa shape index (κ3) is 4.23. The second-order valence-corrected chi connectivity index (χ2v) is 5.37. The van der Waals surface area contributed by atoms with Crippen LogP contribution in [0.5, 0.6) is 0 Å². The van der Waals surface area contributed by atoms with Gasteiger partial charge in [0.05, 0.1) is 5.71 Å². The summed E-state index contributed by atoms with van der Waals surface area (Å²) in [4.78, 5) is 16.7. The predicted molar refractivity (Wildman–Crippen MR) is 92.7 cm³/mol. The Labute approximate surface area is 140 Å². The fourth-order valence-corrected chi connectivity index (χ4v) is 2.37. The lowest BCUT2D eigenvalue weighted by Crippen LogP contribution is -2.28. The number of amides is 1. The molecule has 0 saturated carbocycles. The number of hydrogen-bond acceptors (Lipinski definition) is 4. The normalized spacial score (nSPS) is 12.6. The molecule has 3 N–H and O–H groups in total. The van der Waals surface area contributed by atoms with Gasteiger partial charge < -0.3 is 15.9 Å². The Morgan fingerprint density at radius 3 is 2.48 bits per heavy atom. The summed E-state index contributed by atoms with van der Waals surface area (Å²) in [6, 6.07) is 13.8. The number of carbonyl (C=O) groups excluding carboxylic acids is 1. The standard InChI is InChI=1S/C17H18ClN3O2/c1-11(21-23-2)14-5-3-4-6-15(14)20-16(17(19)22)12-7-9-13(18)10-8-12/h3-10,16,20H,1-2H3,(H2,19,22).